The third-order valence-corrected chi connectivity index (χ3v) is 3.50. The van der Waals surface area contributed by atoms with Crippen LogP contribution in [0.5, 0.6) is 5.75 Å². The fraction of sp³-hybridized carbons (Fsp3) is 0.312. The van der Waals surface area contributed by atoms with Gasteiger partial charge in [0.05, 0.1) is 6.10 Å². The maximum absolute atomic E-state index is 12.0. The first kappa shape index (κ1) is 14.6. The van der Waals surface area contributed by atoms with Crippen LogP contribution in [0.2, 0.25) is 0 Å². The molecule has 2 aromatic rings. The SMILES string of the molecule is CC(C)Oc1ccc(C(=O)NCCc2ccsc2)cc1. The first-order valence-electron chi connectivity index (χ1n) is 6.71. The van der Waals surface area contributed by atoms with Crippen LogP contribution in [0.15, 0.2) is 41.1 Å². The first-order chi connectivity index (χ1) is 9.65. The highest BCUT2D eigenvalue weighted by Gasteiger charge is 2.05. The van der Waals surface area contributed by atoms with E-state index in [0.29, 0.717) is 12.1 Å². The van der Waals surface area contributed by atoms with Gasteiger partial charge in [-0.25, -0.2) is 0 Å². The Balaban J connectivity index is 1.82. The number of rotatable bonds is 6. The Morgan fingerprint density at radius 3 is 2.60 bits per heavy atom. The van der Waals surface area contributed by atoms with Crippen molar-refractivity contribution < 1.29 is 9.53 Å². The number of benzene rings is 1. The van der Waals surface area contributed by atoms with E-state index in [-0.39, 0.29) is 12.0 Å². The third kappa shape index (κ3) is 4.38. The quantitative estimate of drug-likeness (QED) is 0.883. The number of ether oxygens (including phenoxy) is 1. The van der Waals surface area contributed by atoms with Crippen LogP contribution in [0.3, 0.4) is 0 Å². The highest BCUT2D eigenvalue weighted by Crippen LogP contribution is 2.13. The zero-order chi connectivity index (χ0) is 14.4. The Morgan fingerprint density at radius 1 is 1.25 bits per heavy atom. The number of nitrogens with one attached hydrogen (secondary N) is 1. The minimum absolute atomic E-state index is 0.0451. The molecular weight excluding hydrogens is 270 g/mol. The second kappa shape index (κ2) is 7.10. The van der Waals surface area contributed by atoms with Crippen LogP contribution >= 0.6 is 11.3 Å². The van der Waals surface area contributed by atoms with Gasteiger partial charge in [0.25, 0.3) is 5.91 Å². The lowest BCUT2D eigenvalue weighted by molar-refractivity contribution is 0.0954. The zero-order valence-electron chi connectivity index (χ0n) is 11.8. The summed E-state index contributed by atoms with van der Waals surface area (Å²) in [5, 5.41) is 7.07. The van der Waals surface area contributed by atoms with Crippen molar-refractivity contribution in [1.82, 2.24) is 5.32 Å². The van der Waals surface area contributed by atoms with E-state index in [1.165, 1.54) is 5.56 Å². The Labute approximate surface area is 123 Å². The minimum Gasteiger partial charge on any atom is -0.491 e. The van der Waals surface area contributed by atoms with Gasteiger partial charge < -0.3 is 10.1 Å². The molecule has 1 N–H and O–H groups in total. The van der Waals surface area contributed by atoms with Gasteiger partial charge >= 0.3 is 0 Å². The van der Waals surface area contributed by atoms with Gasteiger partial charge in [-0.05, 0) is 66.9 Å². The number of hydrogen-bond donors (Lipinski definition) is 1. The summed E-state index contributed by atoms with van der Waals surface area (Å²) in [6.45, 7) is 4.61. The highest BCUT2D eigenvalue weighted by molar-refractivity contribution is 7.07. The smallest absolute Gasteiger partial charge is 0.251 e. The van der Waals surface area contributed by atoms with E-state index in [1.807, 2.05) is 31.4 Å². The van der Waals surface area contributed by atoms with Crippen LogP contribution < -0.4 is 10.1 Å². The van der Waals surface area contributed by atoms with E-state index in [0.717, 1.165) is 12.2 Å². The second-order valence-electron chi connectivity index (χ2n) is 4.83. The molecule has 1 aromatic heterocycles. The Hall–Kier alpha value is -1.81. The minimum atomic E-state index is -0.0451. The van der Waals surface area contributed by atoms with Crippen molar-refractivity contribution in [3.63, 3.8) is 0 Å². The van der Waals surface area contributed by atoms with E-state index in [1.54, 1.807) is 23.5 Å². The van der Waals surface area contributed by atoms with Crippen molar-refractivity contribution in [2.45, 2.75) is 26.4 Å². The molecule has 0 aliphatic rings. The van der Waals surface area contributed by atoms with Gasteiger partial charge in [-0.3, -0.25) is 4.79 Å². The molecular formula is C16H19NO2S. The molecule has 0 aliphatic carbocycles. The lowest BCUT2D eigenvalue weighted by atomic mass is 10.2. The molecule has 1 amide bonds. The normalized spacial score (nSPS) is 10.6. The van der Waals surface area contributed by atoms with E-state index in [2.05, 4.69) is 16.8 Å². The zero-order valence-corrected chi connectivity index (χ0v) is 12.6. The summed E-state index contributed by atoms with van der Waals surface area (Å²) < 4.78 is 5.55. The van der Waals surface area contributed by atoms with Crippen molar-refractivity contribution in [2.75, 3.05) is 6.54 Å². The third-order valence-electron chi connectivity index (χ3n) is 2.77. The summed E-state index contributed by atoms with van der Waals surface area (Å²) in [7, 11) is 0. The van der Waals surface area contributed by atoms with Gasteiger partial charge in [0.1, 0.15) is 5.75 Å². The van der Waals surface area contributed by atoms with Crippen molar-refractivity contribution in [1.29, 1.82) is 0 Å². The standard InChI is InChI=1S/C16H19NO2S/c1-12(2)19-15-5-3-14(4-6-15)16(18)17-9-7-13-8-10-20-11-13/h3-6,8,10-12H,7,9H2,1-2H3,(H,17,18). The molecule has 0 radical (unpaired) electrons. The van der Waals surface area contributed by atoms with Crippen LogP contribution in [0, 0.1) is 0 Å². The molecule has 0 fully saturated rings. The lowest BCUT2D eigenvalue weighted by Gasteiger charge is -2.10. The summed E-state index contributed by atoms with van der Waals surface area (Å²) >= 11 is 1.67. The number of amides is 1. The molecule has 1 aromatic carbocycles. The highest BCUT2D eigenvalue weighted by atomic mass is 32.1. The second-order valence-corrected chi connectivity index (χ2v) is 5.61. The van der Waals surface area contributed by atoms with Gasteiger partial charge in [-0.15, -0.1) is 0 Å². The Morgan fingerprint density at radius 2 is 2.00 bits per heavy atom. The molecule has 3 nitrogen and oxygen atoms in total. The maximum atomic E-state index is 12.0. The monoisotopic (exact) mass is 289 g/mol. The topological polar surface area (TPSA) is 38.3 Å². The Kier molecular flexibility index (Phi) is 5.18. The van der Waals surface area contributed by atoms with Gasteiger partial charge in [0, 0.05) is 12.1 Å². The van der Waals surface area contributed by atoms with E-state index in [4.69, 9.17) is 4.74 Å². The van der Waals surface area contributed by atoms with Crippen LogP contribution in [-0.4, -0.2) is 18.6 Å². The number of carbonyl (C=O) groups is 1. The summed E-state index contributed by atoms with van der Waals surface area (Å²) in [5.41, 5.74) is 1.92. The average molecular weight is 289 g/mol. The molecule has 0 bridgehead atoms. The van der Waals surface area contributed by atoms with Gasteiger partial charge in [-0.1, -0.05) is 0 Å². The maximum Gasteiger partial charge on any atom is 0.251 e. The predicted octanol–water partition coefficient (Wildman–Crippen LogP) is 3.51. The van der Waals surface area contributed by atoms with Gasteiger partial charge in [-0.2, -0.15) is 11.3 Å². The molecule has 0 unspecified atom stereocenters. The summed E-state index contributed by atoms with van der Waals surface area (Å²) in [6.07, 6.45) is 1.00. The van der Waals surface area contributed by atoms with Crippen LogP contribution in [0.1, 0.15) is 29.8 Å². The largest absolute Gasteiger partial charge is 0.491 e. The van der Waals surface area contributed by atoms with Crippen molar-refractivity contribution in [3.05, 3.63) is 52.2 Å². The number of thiophene rings is 1. The van der Waals surface area contributed by atoms with Gasteiger partial charge in [0.2, 0.25) is 0 Å². The number of hydrogen-bond acceptors (Lipinski definition) is 3. The fourth-order valence-corrected chi connectivity index (χ4v) is 2.52. The fourth-order valence-electron chi connectivity index (χ4n) is 1.81. The molecule has 2 rings (SSSR count). The van der Waals surface area contributed by atoms with Crippen LogP contribution in [-0.2, 0) is 6.42 Å². The van der Waals surface area contributed by atoms with Crippen LogP contribution in [0.4, 0.5) is 0 Å². The van der Waals surface area contributed by atoms with E-state index < -0.39 is 0 Å². The molecule has 106 valence electrons. The van der Waals surface area contributed by atoms with E-state index in [9.17, 15) is 4.79 Å². The van der Waals surface area contributed by atoms with Crippen molar-refractivity contribution >= 4 is 17.2 Å². The van der Waals surface area contributed by atoms with Gasteiger partial charge in [0.15, 0.2) is 0 Å². The molecule has 20 heavy (non-hydrogen) atoms. The predicted molar refractivity (Wildman–Crippen MR) is 82.6 cm³/mol. The lowest BCUT2D eigenvalue weighted by Crippen LogP contribution is -2.25. The molecule has 0 atom stereocenters. The number of carbonyl (C=O) groups excluding carboxylic acids is 1. The molecule has 0 saturated carbocycles. The average Bonchev–Trinajstić information content (AvgIpc) is 2.92. The molecule has 0 aliphatic heterocycles. The van der Waals surface area contributed by atoms with E-state index >= 15 is 0 Å². The summed E-state index contributed by atoms with van der Waals surface area (Å²) in [4.78, 5) is 12.0. The van der Waals surface area contributed by atoms with Crippen LogP contribution in [0.25, 0.3) is 0 Å². The Bertz CT molecular complexity index is 532. The van der Waals surface area contributed by atoms with Crippen molar-refractivity contribution in [2.24, 2.45) is 0 Å². The van der Waals surface area contributed by atoms with Crippen molar-refractivity contribution in [3.8, 4) is 5.75 Å². The molecule has 0 saturated heterocycles. The summed E-state index contributed by atoms with van der Waals surface area (Å²) in [6, 6.07) is 9.31. The molecule has 0 spiro atoms. The summed E-state index contributed by atoms with van der Waals surface area (Å²) in [5.74, 6) is 0.742. The molecule has 4 heteroatoms. The molecule has 1 heterocycles. The first-order valence-corrected chi connectivity index (χ1v) is 7.65.